The fraction of sp³-hybridized carbons (Fsp3) is 0.857. The Morgan fingerprint density at radius 3 is 2.70 bits per heavy atom. The molecular weight excluding hydrogens is 132 g/mol. The van der Waals surface area contributed by atoms with Crippen molar-refractivity contribution in [3.8, 4) is 0 Å². The van der Waals surface area contributed by atoms with E-state index in [1.165, 1.54) is 7.11 Å². The standard InChI is InChI=1S/C7H13O3/c1-10-6-4-2-3-5(8)7(6)9/h5,7-9H,2-4H2,1H3. The van der Waals surface area contributed by atoms with E-state index < -0.39 is 12.2 Å². The van der Waals surface area contributed by atoms with Gasteiger partial charge in [-0.05, 0) is 19.3 Å². The van der Waals surface area contributed by atoms with Crippen LogP contribution in [0.3, 0.4) is 0 Å². The van der Waals surface area contributed by atoms with Crippen LogP contribution < -0.4 is 0 Å². The number of hydrogen-bond donors (Lipinski definition) is 2. The maximum atomic E-state index is 9.23. The normalized spacial score (nSPS) is 36.3. The second kappa shape index (κ2) is 3.32. The van der Waals surface area contributed by atoms with Crippen LogP contribution in [-0.2, 0) is 4.74 Å². The van der Waals surface area contributed by atoms with Crippen molar-refractivity contribution in [2.45, 2.75) is 31.5 Å². The number of methoxy groups -OCH3 is 1. The molecule has 1 aliphatic carbocycles. The van der Waals surface area contributed by atoms with Crippen molar-refractivity contribution < 1.29 is 14.9 Å². The molecule has 2 N–H and O–H groups in total. The smallest absolute Gasteiger partial charge is 0.128 e. The number of rotatable bonds is 1. The van der Waals surface area contributed by atoms with E-state index in [1.54, 1.807) is 0 Å². The maximum absolute atomic E-state index is 9.23. The van der Waals surface area contributed by atoms with Crippen LogP contribution in [0.1, 0.15) is 19.3 Å². The number of aliphatic hydroxyl groups excluding tert-OH is 2. The molecule has 0 bridgehead atoms. The third kappa shape index (κ3) is 1.48. The second-order valence-corrected chi connectivity index (χ2v) is 2.57. The monoisotopic (exact) mass is 145 g/mol. The SMILES string of the molecule is CO[C]1CCCC(O)C1O. The highest BCUT2D eigenvalue weighted by Crippen LogP contribution is 2.26. The molecule has 1 saturated carbocycles. The molecule has 0 spiro atoms. The maximum Gasteiger partial charge on any atom is 0.128 e. The molecule has 1 rings (SSSR count). The first-order chi connectivity index (χ1) is 4.75. The van der Waals surface area contributed by atoms with Crippen LogP contribution >= 0.6 is 0 Å². The predicted molar refractivity (Wildman–Crippen MR) is 36.1 cm³/mol. The van der Waals surface area contributed by atoms with Crippen molar-refractivity contribution in [3.63, 3.8) is 0 Å². The minimum absolute atomic E-state index is 0.610. The summed E-state index contributed by atoms with van der Waals surface area (Å²) in [6, 6.07) is 0. The molecule has 0 aromatic heterocycles. The second-order valence-electron chi connectivity index (χ2n) is 2.57. The number of ether oxygens (including phenoxy) is 1. The van der Waals surface area contributed by atoms with E-state index in [1.807, 2.05) is 0 Å². The van der Waals surface area contributed by atoms with Crippen LogP contribution in [0.5, 0.6) is 0 Å². The number of aliphatic hydroxyl groups is 2. The fourth-order valence-electron chi connectivity index (χ4n) is 1.23. The summed E-state index contributed by atoms with van der Waals surface area (Å²) in [5, 5.41) is 18.4. The van der Waals surface area contributed by atoms with Gasteiger partial charge in [-0.1, -0.05) is 0 Å². The third-order valence-corrected chi connectivity index (χ3v) is 1.88. The topological polar surface area (TPSA) is 49.7 Å². The molecule has 1 radical (unpaired) electrons. The van der Waals surface area contributed by atoms with Gasteiger partial charge in [-0.2, -0.15) is 0 Å². The summed E-state index contributed by atoms with van der Waals surface area (Å²) >= 11 is 0. The average molecular weight is 145 g/mol. The lowest BCUT2D eigenvalue weighted by Crippen LogP contribution is -2.36. The Hall–Kier alpha value is -0.120. The molecule has 2 unspecified atom stereocenters. The van der Waals surface area contributed by atoms with Gasteiger partial charge in [-0.3, -0.25) is 0 Å². The molecule has 0 aromatic rings. The van der Waals surface area contributed by atoms with Gasteiger partial charge < -0.3 is 14.9 Å². The van der Waals surface area contributed by atoms with Crippen molar-refractivity contribution in [2.24, 2.45) is 0 Å². The molecule has 3 heteroatoms. The molecule has 0 heterocycles. The summed E-state index contributed by atoms with van der Waals surface area (Å²) in [4.78, 5) is 0. The Kier molecular flexibility index (Phi) is 2.65. The molecule has 1 aliphatic rings. The van der Waals surface area contributed by atoms with E-state index in [4.69, 9.17) is 9.84 Å². The van der Waals surface area contributed by atoms with Gasteiger partial charge in [0.15, 0.2) is 0 Å². The van der Waals surface area contributed by atoms with Gasteiger partial charge in [0.25, 0.3) is 0 Å². The Morgan fingerprint density at radius 2 is 2.20 bits per heavy atom. The molecule has 10 heavy (non-hydrogen) atoms. The zero-order valence-electron chi connectivity index (χ0n) is 6.08. The van der Waals surface area contributed by atoms with E-state index in [-0.39, 0.29) is 0 Å². The van der Waals surface area contributed by atoms with Crippen molar-refractivity contribution in [1.29, 1.82) is 0 Å². The highest BCUT2D eigenvalue weighted by atomic mass is 16.5. The molecule has 0 aliphatic heterocycles. The van der Waals surface area contributed by atoms with E-state index in [9.17, 15) is 5.11 Å². The van der Waals surface area contributed by atoms with Gasteiger partial charge in [-0.25, -0.2) is 0 Å². The van der Waals surface area contributed by atoms with E-state index >= 15 is 0 Å². The fourth-order valence-corrected chi connectivity index (χ4v) is 1.23. The first kappa shape index (κ1) is 7.98. The van der Waals surface area contributed by atoms with Crippen molar-refractivity contribution >= 4 is 0 Å². The summed E-state index contributed by atoms with van der Waals surface area (Å²) in [6.45, 7) is 0. The van der Waals surface area contributed by atoms with Crippen LogP contribution in [0.25, 0.3) is 0 Å². The molecule has 0 amide bonds. The van der Waals surface area contributed by atoms with E-state index in [0.29, 0.717) is 12.5 Å². The van der Waals surface area contributed by atoms with Gasteiger partial charge >= 0.3 is 0 Å². The van der Waals surface area contributed by atoms with E-state index in [0.717, 1.165) is 12.8 Å². The molecule has 1 fully saturated rings. The lowest BCUT2D eigenvalue weighted by atomic mass is 9.92. The lowest BCUT2D eigenvalue weighted by molar-refractivity contribution is -0.0468. The minimum atomic E-state index is -0.765. The van der Waals surface area contributed by atoms with Crippen LogP contribution in [0.15, 0.2) is 0 Å². The molecule has 0 saturated heterocycles. The third-order valence-electron chi connectivity index (χ3n) is 1.88. The average Bonchev–Trinajstić information content (AvgIpc) is 1.95. The summed E-state index contributed by atoms with van der Waals surface area (Å²) < 4.78 is 4.88. The molecule has 59 valence electrons. The zero-order chi connectivity index (χ0) is 7.56. The van der Waals surface area contributed by atoms with Gasteiger partial charge in [0.05, 0.1) is 6.10 Å². The van der Waals surface area contributed by atoms with Gasteiger partial charge in [0.2, 0.25) is 0 Å². The highest BCUT2D eigenvalue weighted by molar-refractivity contribution is 4.95. The van der Waals surface area contributed by atoms with E-state index in [2.05, 4.69) is 0 Å². The predicted octanol–water partition coefficient (Wildman–Crippen LogP) is 0.0705. The quantitative estimate of drug-likeness (QED) is 0.549. The summed E-state index contributed by atoms with van der Waals surface area (Å²) in [7, 11) is 1.52. The summed E-state index contributed by atoms with van der Waals surface area (Å²) in [5.41, 5.74) is 0. The summed E-state index contributed by atoms with van der Waals surface area (Å²) in [5.74, 6) is 0. The zero-order valence-corrected chi connectivity index (χ0v) is 6.08. The Labute approximate surface area is 60.6 Å². The Balaban J connectivity index is 2.42. The lowest BCUT2D eigenvalue weighted by Gasteiger charge is -2.29. The molecular formula is C7H13O3. The summed E-state index contributed by atoms with van der Waals surface area (Å²) in [6.07, 6.45) is 1.57. The minimum Gasteiger partial charge on any atom is -0.390 e. The Bertz CT molecular complexity index is 105. The Morgan fingerprint density at radius 1 is 1.50 bits per heavy atom. The largest absolute Gasteiger partial charge is 0.390 e. The van der Waals surface area contributed by atoms with Crippen molar-refractivity contribution in [1.82, 2.24) is 0 Å². The van der Waals surface area contributed by atoms with Crippen LogP contribution in [-0.4, -0.2) is 29.5 Å². The molecule has 2 atom stereocenters. The molecule has 3 nitrogen and oxygen atoms in total. The van der Waals surface area contributed by atoms with Gasteiger partial charge in [-0.15, -0.1) is 0 Å². The van der Waals surface area contributed by atoms with Crippen molar-refractivity contribution in [3.05, 3.63) is 6.10 Å². The first-order valence-electron chi connectivity index (χ1n) is 3.51. The molecule has 0 aromatic carbocycles. The first-order valence-corrected chi connectivity index (χ1v) is 3.51. The number of hydrogen-bond acceptors (Lipinski definition) is 3. The van der Waals surface area contributed by atoms with Crippen LogP contribution in [0, 0.1) is 6.10 Å². The van der Waals surface area contributed by atoms with Gasteiger partial charge in [0, 0.05) is 7.11 Å². The van der Waals surface area contributed by atoms with Crippen LogP contribution in [0.4, 0.5) is 0 Å². The highest BCUT2D eigenvalue weighted by Gasteiger charge is 2.30. The van der Waals surface area contributed by atoms with Crippen LogP contribution in [0.2, 0.25) is 0 Å². The van der Waals surface area contributed by atoms with Gasteiger partial charge in [0.1, 0.15) is 12.2 Å². The van der Waals surface area contributed by atoms with Crippen molar-refractivity contribution in [2.75, 3.05) is 7.11 Å².